The Bertz CT molecular complexity index is 1020. The Morgan fingerprint density at radius 2 is 2.07 bits per heavy atom. The van der Waals surface area contributed by atoms with Gasteiger partial charge >= 0.3 is 5.97 Å². The number of nitrogens with one attached hydrogen (secondary N) is 1. The highest BCUT2D eigenvalue weighted by atomic mass is 32.1. The molecule has 0 saturated carbocycles. The van der Waals surface area contributed by atoms with Gasteiger partial charge in [-0.25, -0.2) is 4.79 Å². The molecule has 1 aromatic carbocycles. The SMILES string of the molecule is COC(=O)c1cccc(-c2ccc([C@@H]3[C@H](c4ccccn4)NC(=S)N3C)o2)c1. The Labute approximate surface area is 168 Å². The number of nitrogens with zero attached hydrogens (tertiary/aromatic N) is 2. The second-order valence-electron chi connectivity index (χ2n) is 6.51. The number of carbonyl (C=O) groups is 1. The summed E-state index contributed by atoms with van der Waals surface area (Å²) in [7, 11) is 3.30. The lowest BCUT2D eigenvalue weighted by atomic mass is 10.0. The second kappa shape index (κ2) is 7.44. The van der Waals surface area contributed by atoms with Crippen molar-refractivity contribution in [1.29, 1.82) is 0 Å². The number of pyridine rings is 1. The molecule has 0 spiro atoms. The summed E-state index contributed by atoms with van der Waals surface area (Å²) in [6.07, 6.45) is 1.77. The molecule has 28 heavy (non-hydrogen) atoms. The molecule has 2 aromatic heterocycles. The van der Waals surface area contributed by atoms with Crippen molar-refractivity contribution in [2.45, 2.75) is 12.1 Å². The smallest absolute Gasteiger partial charge is 0.337 e. The Hall–Kier alpha value is -3.19. The highest BCUT2D eigenvalue weighted by molar-refractivity contribution is 7.80. The van der Waals surface area contributed by atoms with Gasteiger partial charge in [-0.15, -0.1) is 0 Å². The lowest BCUT2D eigenvalue weighted by Crippen LogP contribution is -2.24. The van der Waals surface area contributed by atoms with Crippen LogP contribution in [-0.2, 0) is 4.74 Å². The molecule has 4 rings (SSSR count). The fourth-order valence-electron chi connectivity index (χ4n) is 3.40. The topological polar surface area (TPSA) is 67.6 Å². The minimum Gasteiger partial charge on any atom is -0.465 e. The number of benzene rings is 1. The van der Waals surface area contributed by atoms with Crippen molar-refractivity contribution < 1.29 is 13.9 Å². The Morgan fingerprint density at radius 1 is 1.21 bits per heavy atom. The fourth-order valence-corrected chi connectivity index (χ4v) is 3.64. The lowest BCUT2D eigenvalue weighted by Gasteiger charge is -2.21. The number of carbonyl (C=O) groups excluding carboxylic acids is 1. The standard InChI is InChI=1S/C21H19N3O3S/c1-24-19(18(23-21(24)28)15-8-3-4-11-22-15)17-10-9-16(27-17)13-6-5-7-14(12-13)20(25)26-2/h3-12,18-19H,1-2H3,(H,23,28)/t18-,19+/m0/s1. The molecule has 1 aliphatic rings. The molecular weight excluding hydrogens is 374 g/mol. The van der Waals surface area contributed by atoms with Gasteiger partial charge in [0.2, 0.25) is 0 Å². The van der Waals surface area contributed by atoms with Gasteiger partial charge in [0.25, 0.3) is 0 Å². The molecular formula is C21H19N3O3S. The summed E-state index contributed by atoms with van der Waals surface area (Å²) in [6.45, 7) is 0. The summed E-state index contributed by atoms with van der Waals surface area (Å²) >= 11 is 5.45. The number of likely N-dealkylation sites (N-methyl/N-ethyl adjacent to an activating group) is 1. The van der Waals surface area contributed by atoms with Gasteiger partial charge in [-0.1, -0.05) is 18.2 Å². The van der Waals surface area contributed by atoms with Gasteiger partial charge in [0.15, 0.2) is 5.11 Å². The maximum absolute atomic E-state index is 11.8. The van der Waals surface area contributed by atoms with Crippen LogP contribution in [0.2, 0.25) is 0 Å². The zero-order valence-electron chi connectivity index (χ0n) is 15.5. The molecule has 0 amide bonds. The molecule has 1 saturated heterocycles. The summed E-state index contributed by atoms with van der Waals surface area (Å²) < 4.78 is 11.0. The van der Waals surface area contributed by atoms with E-state index in [1.54, 1.807) is 24.4 Å². The third-order valence-electron chi connectivity index (χ3n) is 4.83. The number of esters is 1. The van der Waals surface area contributed by atoms with E-state index in [-0.39, 0.29) is 18.1 Å². The van der Waals surface area contributed by atoms with Crippen LogP contribution in [-0.4, -0.2) is 35.1 Å². The van der Waals surface area contributed by atoms with E-state index in [9.17, 15) is 4.79 Å². The van der Waals surface area contributed by atoms with Gasteiger partial charge in [0, 0.05) is 18.8 Å². The zero-order valence-corrected chi connectivity index (χ0v) is 16.3. The van der Waals surface area contributed by atoms with Crippen molar-refractivity contribution in [2.75, 3.05) is 14.2 Å². The Balaban J connectivity index is 1.68. The number of furan rings is 1. The van der Waals surface area contributed by atoms with Crippen LogP contribution >= 0.6 is 12.2 Å². The molecule has 0 unspecified atom stereocenters. The van der Waals surface area contributed by atoms with Crippen LogP contribution < -0.4 is 5.32 Å². The molecule has 0 aliphatic carbocycles. The molecule has 1 aliphatic heterocycles. The average Bonchev–Trinajstić information content (AvgIpc) is 3.33. The van der Waals surface area contributed by atoms with E-state index in [1.165, 1.54) is 7.11 Å². The number of rotatable bonds is 4. The van der Waals surface area contributed by atoms with Crippen LogP contribution in [0.3, 0.4) is 0 Å². The molecule has 7 heteroatoms. The first-order valence-electron chi connectivity index (χ1n) is 8.81. The van der Waals surface area contributed by atoms with Crippen molar-refractivity contribution in [3.05, 3.63) is 77.8 Å². The molecule has 3 aromatic rings. The van der Waals surface area contributed by atoms with Gasteiger partial charge in [0.05, 0.1) is 24.4 Å². The Morgan fingerprint density at radius 3 is 2.82 bits per heavy atom. The number of aromatic nitrogens is 1. The van der Waals surface area contributed by atoms with E-state index in [2.05, 4.69) is 10.3 Å². The average molecular weight is 393 g/mol. The number of ether oxygens (including phenoxy) is 1. The van der Waals surface area contributed by atoms with Crippen molar-refractivity contribution in [3.63, 3.8) is 0 Å². The summed E-state index contributed by atoms with van der Waals surface area (Å²) in [5.74, 6) is 1.06. The van der Waals surface area contributed by atoms with Gasteiger partial charge in [0.1, 0.15) is 17.6 Å². The van der Waals surface area contributed by atoms with E-state index >= 15 is 0 Å². The summed E-state index contributed by atoms with van der Waals surface area (Å²) in [6, 6.07) is 16.6. The van der Waals surface area contributed by atoms with E-state index in [1.807, 2.05) is 48.3 Å². The first-order chi connectivity index (χ1) is 13.6. The van der Waals surface area contributed by atoms with Crippen molar-refractivity contribution >= 4 is 23.3 Å². The van der Waals surface area contributed by atoms with Crippen LogP contribution in [0.25, 0.3) is 11.3 Å². The van der Waals surface area contributed by atoms with Gasteiger partial charge in [-0.05, 0) is 48.6 Å². The molecule has 142 valence electrons. The van der Waals surface area contributed by atoms with Crippen LogP contribution in [0.4, 0.5) is 0 Å². The minimum absolute atomic E-state index is 0.112. The molecule has 0 radical (unpaired) electrons. The number of methoxy groups -OCH3 is 1. The van der Waals surface area contributed by atoms with Crippen molar-refractivity contribution in [2.24, 2.45) is 0 Å². The van der Waals surface area contributed by atoms with Crippen molar-refractivity contribution in [1.82, 2.24) is 15.2 Å². The monoisotopic (exact) mass is 393 g/mol. The van der Waals surface area contributed by atoms with E-state index in [0.717, 1.165) is 17.0 Å². The molecule has 2 atom stereocenters. The van der Waals surface area contributed by atoms with Crippen LogP contribution in [0.15, 0.2) is 65.2 Å². The van der Waals surface area contributed by atoms with Crippen LogP contribution in [0.1, 0.15) is 33.9 Å². The number of thiocarbonyl (C=S) groups is 1. The first-order valence-corrected chi connectivity index (χ1v) is 9.22. The summed E-state index contributed by atoms with van der Waals surface area (Å²) in [4.78, 5) is 18.2. The normalized spacial score (nSPS) is 18.8. The molecule has 6 nitrogen and oxygen atoms in total. The van der Waals surface area contributed by atoms with Crippen LogP contribution in [0.5, 0.6) is 0 Å². The third kappa shape index (κ3) is 3.25. The summed E-state index contributed by atoms with van der Waals surface area (Å²) in [5.41, 5.74) is 2.18. The number of hydrogen-bond acceptors (Lipinski definition) is 5. The van der Waals surface area contributed by atoms with Crippen molar-refractivity contribution in [3.8, 4) is 11.3 Å². The fraction of sp³-hybridized carbons (Fsp3) is 0.190. The first kappa shape index (κ1) is 18.2. The molecule has 0 bridgehead atoms. The minimum atomic E-state index is -0.381. The highest BCUT2D eigenvalue weighted by Crippen LogP contribution is 2.39. The molecule has 3 heterocycles. The predicted octanol–water partition coefficient (Wildman–Crippen LogP) is 3.73. The van der Waals surface area contributed by atoms with E-state index in [0.29, 0.717) is 16.4 Å². The van der Waals surface area contributed by atoms with Crippen LogP contribution in [0, 0.1) is 0 Å². The second-order valence-corrected chi connectivity index (χ2v) is 6.90. The van der Waals surface area contributed by atoms with E-state index < -0.39 is 0 Å². The molecule has 1 fully saturated rings. The number of hydrogen-bond donors (Lipinski definition) is 1. The molecule has 1 N–H and O–H groups in total. The van der Waals surface area contributed by atoms with Gasteiger partial charge < -0.3 is 19.4 Å². The van der Waals surface area contributed by atoms with Gasteiger partial charge in [-0.3, -0.25) is 4.98 Å². The summed E-state index contributed by atoms with van der Waals surface area (Å²) in [5, 5.41) is 3.97. The maximum atomic E-state index is 11.8. The highest BCUT2D eigenvalue weighted by Gasteiger charge is 2.39. The quantitative estimate of drug-likeness (QED) is 0.535. The zero-order chi connectivity index (χ0) is 19.7. The maximum Gasteiger partial charge on any atom is 0.337 e. The lowest BCUT2D eigenvalue weighted by molar-refractivity contribution is 0.0601. The predicted molar refractivity (Wildman–Crippen MR) is 109 cm³/mol. The van der Waals surface area contributed by atoms with Gasteiger partial charge in [-0.2, -0.15) is 0 Å². The largest absolute Gasteiger partial charge is 0.465 e. The van der Waals surface area contributed by atoms with E-state index in [4.69, 9.17) is 21.4 Å². The Kier molecular flexibility index (Phi) is 4.83. The third-order valence-corrected chi connectivity index (χ3v) is 5.23.